The van der Waals surface area contributed by atoms with Crippen molar-refractivity contribution in [2.24, 2.45) is 0 Å². The molecule has 0 N–H and O–H groups in total. The minimum absolute atomic E-state index is 0.765. The molecule has 0 saturated heterocycles. The third kappa shape index (κ3) is 7.01. The lowest BCUT2D eigenvalue weighted by Crippen LogP contribution is -2.14. The van der Waals surface area contributed by atoms with Gasteiger partial charge in [0.15, 0.2) is 5.82 Å². The maximum Gasteiger partial charge on any atom is 0.166 e. The second-order valence-electron chi connectivity index (χ2n) is 25.7. The van der Waals surface area contributed by atoms with E-state index in [1.165, 1.54) is 21.5 Å². The predicted molar refractivity (Wildman–Crippen MR) is 405 cm³/mol. The Morgan fingerprint density at radius 1 is 0.175 bits per heavy atom. The van der Waals surface area contributed by atoms with Gasteiger partial charge in [-0.1, -0.05) is 237 Å². The average Bonchev–Trinajstić information content (AvgIpc) is 1.57. The average molecular weight is 1240 g/mol. The highest BCUT2D eigenvalue weighted by molar-refractivity contribution is 6.28. The minimum Gasteiger partial charge on any atom is -0.307 e. The van der Waals surface area contributed by atoms with Crippen molar-refractivity contribution in [3.8, 4) is 40.1 Å². The molecule has 8 heteroatoms. The lowest BCUT2D eigenvalue weighted by atomic mass is 10.1. The number of nitrogens with zero attached hydrogens (tertiary/aromatic N) is 8. The van der Waals surface area contributed by atoms with Gasteiger partial charge in [-0.15, -0.1) is 0 Å². The molecule has 0 radical (unpaired) electrons. The van der Waals surface area contributed by atoms with Gasteiger partial charge in [0, 0.05) is 98.5 Å². The Hall–Kier alpha value is -13.2. The maximum atomic E-state index is 6.61. The van der Waals surface area contributed by atoms with E-state index < -0.39 is 0 Å². The van der Waals surface area contributed by atoms with Crippen LogP contribution in [-0.4, -0.2) is 37.0 Å². The van der Waals surface area contributed by atoms with Crippen molar-refractivity contribution in [1.29, 1.82) is 0 Å². The van der Waals surface area contributed by atoms with Crippen molar-refractivity contribution < 1.29 is 0 Å². The third-order valence-electron chi connectivity index (χ3n) is 20.9. The predicted octanol–water partition coefficient (Wildman–Crippen LogP) is 22.8. The van der Waals surface area contributed by atoms with Crippen LogP contribution in [0.5, 0.6) is 0 Å². The van der Waals surface area contributed by atoms with Crippen LogP contribution in [0.4, 0.5) is 0 Å². The number of benzene rings is 14. The van der Waals surface area contributed by atoms with Crippen molar-refractivity contribution in [3.05, 3.63) is 328 Å². The molecule has 14 aromatic carbocycles. The highest BCUT2D eigenvalue weighted by atomic mass is 15.2. The van der Waals surface area contributed by atoms with E-state index in [2.05, 4.69) is 360 Å². The second-order valence-corrected chi connectivity index (χ2v) is 25.7. The molecule has 0 aliphatic heterocycles. The summed E-state index contributed by atoms with van der Waals surface area (Å²) in [6, 6.07) is 121. The van der Waals surface area contributed by atoms with Crippen molar-refractivity contribution in [2.75, 3.05) is 0 Å². The molecule has 0 spiro atoms. The van der Waals surface area contributed by atoms with E-state index in [4.69, 9.17) is 4.98 Å². The van der Waals surface area contributed by atoms with Crippen LogP contribution in [0.1, 0.15) is 0 Å². The van der Waals surface area contributed by atoms with E-state index in [0.29, 0.717) is 0 Å². The SMILES string of the molecule is c1ccc(-n2c3ccccc3c3ccc4c5ccccc5n(-c5cc(-n6c7ccccc7c7ccc8c9ccccc9n(-c9ccccc9)c8c76)c(-n6c7ccccc7c7ccccc76)c(-n6c7ccccc7c7ccc8c9ccccc9n(-c9ccccc9)c8c76)n5)c4c32)cc1. The quantitative estimate of drug-likeness (QED) is 0.157. The van der Waals surface area contributed by atoms with E-state index in [-0.39, 0.29) is 0 Å². The molecule has 0 atom stereocenters. The van der Waals surface area contributed by atoms with Crippen LogP contribution >= 0.6 is 0 Å². The van der Waals surface area contributed by atoms with Gasteiger partial charge < -0.3 is 22.8 Å². The summed E-state index contributed by atoms with van der Waals surface area (Å²) in [5, 5.41) is 16.2. The molecule has 22 rings (SSSR count). The van der Waals surface area contributed by atoms with Crippen LogP contribution < -0.4 is 0 Å². The van der Waals surface area contributed by atoms with Gasteiger partial charge in [0.25, 0.3) is 0 Å². The molecule has 0 unspecified atom stereocenters. The van der Waals surface area contributed by atoms with Crippen molar-refractivity contribution in [3.63, 3.8) is 0 Å². The Morgan fingerprint density at radius 3 is 0.732 bits per heavy atom. The zero-order valence-corrected chi connectivity index (χ0v) is 52.3. The topological polar surface area (TPSA) is 47.4 Å². The first-order valence-corrected chi connectivity index (χ1v) is 33.3. The Kier molecular flexibility index (Phi) is 10.6. The Morgan fingerprint density at radius 2 is 0.402 bits per heavy atom. The van der Waals surface area contributed by atoms with Gasteiger partial charge in [-0.2, -0.15) is 0 Å². The van der Waals surface area contributed by atoms with Crippen LogP contribution in [0.15, 0.2) is 328 Å². The summed E-state index contributed by atoms with van der Waals surface area (Å²) in [6.07, 6.45) is 0. The molecule has 0 saturated carbocycles. The lowest BCUT2D eigenvalue weighted by Gasteiger charge is -2.24. The lowest BCUT2D eigenvalue weighted by molar-refractivity contribution is 0.962. The van der Waals surface area contributed by atoms with Crippen molar-refractivity contribution in [1.82, 2.24) is 37.0 Å². The molecule has 0 fully saturated rings. The number of aromatic nitrogens is 8. The molecule has 97 heavy (non-hydrogen) atoms. The minimum atomic E-state index is 0.765. The maximum absolute atomic E-state index is 6.61. The number of hydrogen-bond acceptors (Lipinski definition) is 1. The number of hydrogen-bond donors (Lipinski definition) is 0. The molecule has 0 aliphatic carbocycles. The molecule has 8 aromatic heterocycles. The number of para-hydroxylation sites is 11. The fourth-order valence-electron chi connectivity index (χ4n) is 17.1. The summed E-state index contributed by atoms with van der Waals surface area (Å²) in [7, 11) is 0. The third-order valence-corrected chi connectivity index (χ3v) is 20.9. The number of rotatable bonds is 7. The van der Waals surface area contributed by atoms with Crippen LogP contribution in [0, 0.1) is 0 Å². The summed E-state index contributed by atoms with van der Waals surface area (Å²) >= 11 is 0. The second kappa shape index (κ2) is 19.7. The first kappa shape index (κ1) is 52.3. The van der Waals surface area contributed by atoms with E-state index in [1.807, 2.05) is 0 Å². The molecule has 0 amide bonds. The Bertz CT molecular complexity index is 6800. The van der Waals surface area contributed by atoms with Crippen LogP contribution in [0.25, 0.3) is 193 Å². The molecular formula is C89H54N8. The largest absolute Gasteiger partial charge is 0.307 e. The van der Waals surface area contributed by atoms with Crippen molar-refractivity contribution in [2.45, 2.75) is 0 Å². The smallest absolute Gasteiger partial charge is 0.166 e. The summed E-state index contributed by atoms with van der Waals surface area (Å²) in [5.41, 5.74) is 20.4. The number of fused-ring (bicyclic) bond motifs is 24. The van der Waals surface area contributed by atoms with E-state index in [1.54, 1.807) is 0 Å². The molecule has 8 heterocycles. The van der Waals surface area contributed by atoms with Gasteiger partial charge in [0.05, 0.1) is 82.9 Å². The highest BCUT2D eigenvalue weighted by Gasteiger charge is 2.32. The normalized spacial score (nSPS) is 12.3. The van der Waals surface area contributed by atoms with E-state index >= 15 is 0 Å². The van der Waals surface area contributed by atoms with Crippen LogP contribution in [0.2, 0.25) is 0 Å². The monoisotopic (exact) mass is 1230 g/mol. The zero-order valence-electron chi connectivity index (χ0n) is 52.3. The summed E-state index contributed by atoms with van der Waals surface area (Å²) in [5.74, 6) is 1.53. The van der Waals surface area contributed by atoms with Gasteiger partial charge in [0.2, 0.25) is 0 Å². The highest BCUT2D eigenvalue weighted by Crippen LogP contribution is 2.50. The fourth-order valence-corrected chi connectivity index (χ4v) is 17.1. The van der Waals surface area contributed by atoms with Gasteiger partial charge in [-0.05, 0) is 84.9 Å². The molecule has 0 aliphatic rings. The molecular weight excluding hydrogens is 1180 g/mol. The van der Waals surface area contributed by atoms with Gasteiger partial charge in [-0.3, -0.25) is 9.13 Å². The zero-order chi connectivity index (χ0) is 63.1. The molecule has 0 bridgehead atoms. The van der Waals surface area contributed by atoms with Gasteiger partial charge >= 0.3 is 0 Å². The molecule has 22 aromatic rings. The van der Waals surface area contributed by atoms with Crippen LogP contribution in [0.3, 0.4) is 0 Å². The summed E-state index contributed by atoms with van der Waals surface area (Å²) in [6.45, 7) is 0. The fraction of sp³-hybridized carbons (Fsp3) is 0. The molecule has 8 nitrogen and oxygen atoms in total. The standard InChI is InChI=1S/C89H54N8/c1-4-26-55(27-5-1)91-72-40-18-12-34-60(72)66-48-51-69-63-37-15-23-45-77(63)95(85(69)82(66)91)80-54-81(96-78-46-24-16-38-64(78)70-52-49-67-61-35-13-19-41-73(61)92(83(67)86(70)96)56-28-6-2-7-29-56)90-89(88(80)94-75-43-21-10-32-58(75)59-33-11-22-44-76(59)94)97-79-47-25-17-39-65(79)71-53-50-68-62-36-14-20-42-74(62)93(84(68)87(71)97)57-30-8-3-9-31-57/h1-54H. The van der Waals surface area contributed by atoms with E-state index in [0.717, 1.165) is 171 Å². The van der Waals surface area contributed by atoms with Crippen molar-refractivity contribution >= 4 is 153 Å². The summed E-state index contributed by atoms with van der Waals surface area (Å²) in [4.78, 5) is 6.61. The Labute approximate surface area is 554 Å². The first-order valence-electron chi connectivity index (χ1n) is 33.3. The van der Waals surface area contributed by atoms with Gasteiger partial charge in [0.1, 0.15) is 11.5 Å². The number of pyridine rings is 1. The van der Waals surface area contributed by atoms with Gasteiger partial charge in [-0.25, -0.2) is 4.98 Å². The summed E-state index contributed by atoms with van der Waals surface area (Å²) < 4.78 is 17.7. The Balaban J connectivity index is 1.04. The van der Waals surface area contributed by atoms with E-state index in [9.17, 15) is 0 Å². The molecule has 450 valence electrons. The van der Waals surface area contributed by atoms with Crippen LogP contribution in [-0.2, 0) is 0 Å². The first-order chi connectivity index (χ1) is 48.2.